The van der Waals surface area contributed by atoms with Crippen LogP contribution in [0.5, 0.6) is 0 Å². The quantitative estimate of drug-likeness (QED) is 0.281. The molecule has 10 nitrogen and oxygen atoms in total. The summed E-state index contributed by atoms with van der Waals surface area (Å²) in [6.07, 6.45) is 1.32. The minimum absolute atomic E-state index is 0.0662. The number of pyridine rings is 1. The van der Waals surface area contributed by atoms with Gasteiger partial charge in [0.05, 0.1) is 23.4 Å². The second-order valence-corrected chi connectivity index (χ2v) is 10.4. The third kappa shape index (κ3) is 4.43. The van der Waals surface area contributed by atoms with Gasteiger partial charge in [-0.2, -0.15) is 0 Å². The molecule has 2 aromatic heterocycles. The van der Waals surface area contributed by atoms with E-state index in [2.05, 4.69) is 10.6 Å². The van der Waals surface area contributed by atoms with Crippen LogP contribution in [0, 0.1) is 16.3 Å². The number of benzene rings is 2. The number of aromatic nitrogens is 3. The molecule has 0 radical (unpaired) electrons. The number of hydrogen-bond acceptors (Lipinski definition) is 6. The number of aryl methyl sites for hydroxylation is 1. The fourth-order valence-corrected chi connectivity index (χ4v) is 4.96. The molecule has 0 atom stereocenters. The summed E-state index contributed by atoms with van der Waals surface area (Å²) in [6, 6.07) is 10.7. The summed E-state index contributed by atoms with van der Waals surface area (Å²) < 4.78 is 19.2. The number of anilines is 3. The molecule has 0 unspecified atom stereocenters. The summed E-state index contributed by atoms with van der Waals surface area (Å²) in [4.78, 5) is 52.9. The van der Waals surface area contributed by atoms with Crippen LogP contribution in [-0.4, -0.2) is 26.2 Å². The molecule has 2 aromatic carbocycles. The summed E-state index contributed by atoms with van der Waals surface area (Å²) in [7, 11) is 1.49. The van der Waals surface area contributed by atoms with Gasteiger partial charge >= 0.3 is 5.69 Å². The molecule has 0 bridgehead atoms. The highest BCUT2D eigenvalue weighted by Crippen LogP contribution is 2.34. The zero-order chi connectivity index (χ0) is 27.3. The zero-order valence-corrected chi connectivity index (χ0v) is 22.7. The average molecular weight is 630 g/mol. The van der Waals surface area contributed by atoms with Crippen LogP contribution in [0.3, 0.4) is 0 Å². The first-order chi connectivity index (χ1) is 18.1. The lowest BCUT2D eigenvalue weighted by Crippen LogP contribution is -2.41. The van der Waals surface area contributed by atoms with Crippen LogP contribution in [0.4, 0.5) is 21.6 Å². The van der Waals surface area contributed by atoms with E-state index in [1.165, 1.54) is 39.8 Å². The molecule has 1 amide bonds. The first-order valence-electron chi connectivity index (χ1n) is 11.9. The predicted octanol–water partition coefficient (Wildman–Crippen LogP) is 2.88. The second-order valence-electron chi connectivity index (χ2n) is 9.14. The third-order valence-corrected chi connectivity index (χ3v) is 7.18. The van der Waals surface area contributed by atoms with E-state index in [0.717, 1.165) is 0 Å². The number of nitrogens with two attached hydrogens (primary N) is 1. The lowest BCUT2D eigenvalue weighted by atomic mass is 10.1. The molecule has 0 aliphatic heterocycles. The Hall–Kier alpha value is -3.78. The Kier molecular flexibility index (Phi) is 6.69. The maximum absolute atomic E-state index is 14.8. The number of fused-ring (bicyclic) bond motifs is 1. The fraction of sp³-hybridized carbons (Fsp3) is 0.231. The third-order valence-electron chi connectivity index (χ3n) is 6.51. The molecule has 4 N–H and O–H groups in total. The van der Waals surface area contributed by atoms with Gasteiger partial charge in [-0.3, -0.25) is 28.1 Å². The highest BCUT2D eigenvalue weighted by molar-refractivity contribution is 14.1. The lowest BCUT2D eigenvalue weighted by molar-refractivity contribution is -0.114. The van der Waals surface area contributed by atoms with Crippen LogP contribution in [0.1, 0.15) is 24.4 Å². The summed E-state index contributed by atoms with van der Waals surface area (Å²) in [5.41, 5.74) is 4.87. The molecular weight excluding hydrogens is 606 g/mol. The smallest absolute Gasteiger partial charge is 0.336 e. The molecule has 1 saturated carbocycles. The Morgan fingerprint density at radius 1 is 1.13 bits per heavy atom. The molecule has 12 heteroatoms. The van der Waals surface area contributed by atoms with Gasteiger partial charge in [-0.05, 0) is 78.8 Å². The molecule has 1 aliphatic rings. The van der Waals surface area contributed by atoms with Crippen molar-refractivity contribution in [1.29, 1.82) is 0 Å². The molecule has 1 fully saturated rings. The van der Waals surface area contributed by atoms with Gasteiger partial charge < -0.3 is 16.4 Å². The molecule has 0 spiro atoms. The summed E-state index contributed by atoms with van der Waals surface area (Å²) in [5, 5.41) is 5.66. The highest BCUT2D eigenvalue weighted by atomic mass is 127. The Morgan fingerprint density at radius 2 is 1.87 bits per heavy atom. The van der Waals surface area contributed by atoms with E-state index in [4.69, 9.17) is 5.73 Å². The van der Waals surface area contributed by atoms with Gasteiger partial charge in [0.25, 0.3) is 11.1 Å². The number of hydrogen-bond donors (Lipinski definition) is 3. The van der Waals surface area contributed by atoms with Crippen LogP contribution >= 0.6 is 22.6 Å². The van der Waals surface area contributed by atoms with Crippen molar-refractivity contribution in [3.05, 3.63) is 88.6 Å². The number of nitrogens with one attached hydrogen (secondary N) is 2. The van der Waals surface area contributed by atoms with Gasteiger partial charge in [0.2, 0.25) is 5.91 Å². The molecule has 4 aromatic rings. The number of carbonyl (C=O) groups excluding carboxylic acids is 1. The van der Waals surface area contributed by atoms with Crippen molar-refractivity contribution in [3.8, 4) is 5.69 Å². The first-order valence-corrected chi connectivity index (χ1v) is 12.9. The van der Waals surface area contributed by atoms with Crippen molar-refractivity contribution >= 4 is 56.6 Å². The van der Waals surface area contributed by atoms with Gasteiger partial charge in [-0.15, -0.1) is 0 Å². The van der Waals surface area contributed by atoms with Crippen molar-refractivity contribution in [2.75, 3.05) is 17.2 Å². The topological polar surface area (TPSA) is 133 Å². The van der Waals surface area contributed by atoms with E-state index in [9.17, 15) is 23.6 Å². The first kappa shape index (κ1) is 25.9. The average Bonchev–Trinajstić information content (AvgIpc) is 3.72. The van der Waals surface area contributed by atoms with Crippen LogP contribution in [-0.2, 0) is 11.8 Å². The van der Waals surface area contributed by atoms with Crippen molar-refractivity contribution < 1.29 is 9.18 Å². The molecule has 1 aliphatic carbocycles. The largest absolute Gasteiger partial charge is 0.338 e. The van der Waals surface area contributed by atoms with Gasteiger partial charge in [-0.1, -0.05) is 6.07 Å². The standard InChI is InChI=1S/C26H24FIN6O4/c1-13-22-21(23(32(2)24(13)36)31-19-9-6-14(28)10-18(19)27)25(37)34(16-7-8-16)26(38)33(22)17-5-3-4-15(11-17)30-20(35)12-29/h3-6,9-11,16,31H,7-8,12,29H2,1-2H3,(H,30,35). The molecule has 0 saturated heterocycles. The van der Waals surface area contributed by atoms with E-state index in [1.54, 1.807) is 30.3 Å². The van der Waals surface area contributed by atoms with E-state index in [1.807, 2.05) is 22.6 Å². The molecule has 5 rings (SSSR count). The lowest BCUT2D eigenvalue weighted by Gasteiger charge is -2.21. The van der Waals surface area contributed by atoms with E-state index < -0.39 is 28.5 Å². The molecule has 38 heavy (non-hydrogen) atoms. The monoisotopic (exact) mass is 630 g/mol. The van der Waals surface area contributed by atoms with E-state index >= 15 is 0 Å². The number of rotatable bonds is 6. The molecule has 196 valence electrons. The molecular formula is C26H24FIN6O4. The van der Waals surface area contributed by atoms with E-state index in [0.29, 0.717) is 27.8 Å². The number of amides is 1. The van der Waals surface area contributed by atoms with Crippen LogP contribution in [0.15, 0.2) is 56.8 Å². The summed E-state index contributed by atoms with van der Waals surface area (Å²) >= 11 is 1.99. The van der Waals surface area contributed by atoms with E-state index in [-0.39, 0.29) is 40.6 Å². The van der Waals surface area contributed by atoms with Gasteiger partial charge in [0.15, 0.2) is 0 Å². The van der Waals surface area contributed by atoms with Gasteiger partial charge in [-0.25, -0.2) is 9.18 Å². The van der Waals surface area contributed by atoms with Crippen molar-refractivity contribution in [1.82, 2.24) is 13.7 Å². The Balaban J connectivity index is 1.88. The Labute approximate surface area is 229 Å². The predicted molar refractivity (Wildman–Crippen MR) is 152 cm³/mol. The maximum Gasteiger partial charge on any atom is 0.336 e. The maximum atomic E-state index is 14.8. The van der Waals surface area contributed by atoms with Crippen molar-refractivity contribution in [3.63, 3.8) is 0 Å². The zero-order valence-electron chi connectivity index (χ0n) is 20.5. The number of halogens is 2. The van der Waals surface area contributed by atoms with Gasteiger partial charge in [0.1, 0.15) is 17.0 Å². The van der Waals surface area contributed by atoms with Crippen LogP contribution in [0.2, 0.25) is 0 Å². The molecule has 2 heterocycles. The van der Waals surface area contributed by atoms with Crippen LogP contribution < -0.4 is 33.2 Å². The highest BCUT2D eigenvalue weighted by Gasteiger charge is 2.31. The van der Waals surface area contributed by atoms with Crippen LogP contribution in [0.25, 0.3) is 16.6 Å². The minimum Gasteiger partial charge on any atom is -0.338 e. The van der Waals surface area contributed by atoms with Gasteiger partial charge in [0, 0.05) is 27.9 Å². The minimum atomic E-state index is -0.602. The SMILES string of the molecule is Cc1c(=O)n(C)c(Nc2ccc(I)cc2F)c2c(=O)n(C3CC3)c(=O)n(-c3cccc(NC(=O)CN)c3)c12. The number of carbonyl (C=O) groups is 1. The Bertz CT molecular complexity index is 1810. The fourth-order valence-electron chi connectivity index (χ4n) is 4.51. The second kappa shape index (κ2) is 9.83. The normalized spacial score (nSPS) is 13.1. The Morgan fingerprint density at radius 3 is 2.53 bits per heavy atom. The summed E-state index contributed by atoms with van der Waals surface area (Å²) in [5.74, 6) is -0.910. The van der Waals surface area contributed by atoms with Crippen molar-refractivity contribution in [2.45, 2.75) is 25.8 Å². The number of nitrogens with zero attached hydrogens (tertiary/aromatic N) is 3. The van der Waals surface area contributed by atoms with Crippen molar-refractivity contribution in [2.24, 2.45) is 12.8 Å². The summed E-state index contributed by atoms with van der Waals surface area (Å²) in [6.45, 7) is 1.32.